The first-order chi connectivity index (χ1) is 8.66. The summed E-state index contributed by atoms with van der Waals surface area (Å²) in [6.45, 7) is 0. The van der Waals surface area contributed by atoms with Crippen LogP contribution in [0, 0.1) is 0 Å². The van der Waals surface area contributed by atoms with Gasteiger partial charge in [-0.3, -0.25) is 4.79 Å². The second kappa shape index (κ2) is 5.64. The van der Waals surface area contributed by atoms with Crippen molar-refractivity contribution >= 4 is 33.2 Å². The van der Waals surface area contributed by atoms with E-state index in [9.17, 15) is 4.79 Å². The maximum atomic E-state index is 11.9. The average Bonchev–Trinajstić information content (AvgIpc) is 2.35. The van der Waals surface area contributed by atoms with Crippen molar-refractivity contribution in [3.8, 4) is 0 Å². The summed E-state index contributed by atoms with van der Waals surface area (Å²) in [7, 11) is 0. The fourth-order valence-electron chi connectivity index (χ4n) is 1.54. The third-order valence-electron chi connectivity index (χ3n) is 2.44. The number of anilines is 2. The number of hydrogen-bond donors (Lipinski definition) is 2. The van der Waals surface area contributed by atoms with Gasteiger partial charge in [0.15, 0.2) is 0 Å². The second-order valence-corrected chi connectivity index (χ2v) is 4.52. The van der Waals surface area contributed by atoms with Gasteiger partial charge in [-0.25, -0.2) is 4.98 Å². The third-order valence-corrected chi connectivity index (χ3v) is 3.07. The summed E-state index contributed by atoms with van der Waals surface area (Å²) >= 11 is 3.27. The zero-order valence-corrected chi connectivity index (χ0v) is 11.1. The van der Waals surface area contributed by atoms with Gasteiger partial charge < -0.3 is 11.1 Å². The second-order valence-electron chi connectivity index (χ2n) is 3.77. The van der Waals surface area contributed by atoms with E-state index in [1.54, 1.807) is 24.4 Å². The molecule has 4 nitrogen and oxygen atoms in total. The van der Waals surface area contributed by atoms with Crippen LogP contribution >= 0.6 is 15.9 Å². The molecule has 0 aliphatic rings. The third kappa shape index (κ3) is 3.07. The molecule has 0 saturated carbocycles. The van der Waals surface area contributed by atoms with Crippen LogP contribution in [-0.4, -0.2) is 10.9 Å². The number of aromatic nitrogens is 1. The van der Waals surface area contributed by atoms with Crippen LogP contribution in [0.2, 0.25) is 0 Å². The smallest absolute Gasteiger partial charge is 0.228 e. The predicted octanol–water partition coefficient (Wildman–Crippen LogP) is 2.61. The van der Waals surface area contributed by atoms with Crippen molar-refractivity contribution in [2.24, 2.45) is 0 Å². The molecule has 5 heteroatoms. The van der Waals surface area contributed by atoms with E-state index in [1.807, 2.05) is 18.2 Å². The van der Waals surface area contributed by atoms with Crippen LogP contribution in [0.1, 0.15) is 5.56 Å². The molecule has 2 rings (SSSR count). The number of amides is 1. The van der Waals surface area contributed by atoms with Gasteiger partial charge in [0.05, 0.1) is 12.1 Å². The maximum absolute atomic E-state index is 11.9. The predicted molar refractivity (Wildman–Crippen MR) is 75.1 cm³/mol. The van der Waals surface area contributed by atoms with Gasteiger partial charge in [0.1, 0.15) is 4.60 Å². The highest BCUT2D eigenvalue weighted by Crippen LogP contribution is 2.19. The van der Waals surface area contributed by atoms with Crippen molar-refractivity contribution in [3.63, 3.8) is 0 Å². The van der Waals surface area contributed by atoms with Gasteiger partial charge in [-0.15, -0.1) is 0 Å². The molecule has 1 heterocycles. The molecular formula is C13H12BrN3O. The highest BCUT2D eigenvalue weighted by atomic mass is 79.9. The molecule has 0 bridgehead atoms. The number of nitrogen functional groups attached to an aromatic ring is 1. The Balaban J connectivity index is 2.06. The van der Waals surface area contributed by atoms with Crippen molar-refractivity contribution in [3.05, 3.63) is 52.8 Å². The van der Waals surface area contributed by atoms with Crippen LogP contribution in [-0.2, 0) is 11.2 Å². The number of carbonyl (C=O) groups is 1. The fraction of sp³-hybridized carbons (Fsp3) is 0.0769. The summed E-state index contributed by atoms with van der Waals surface area (Å²) in [5.41, 5.74) is 7.88. The lowest BCUT2D eigenvalue weighted by molar-refractivity contribution is -0.115. The summed E-state index contributed by atoms with van der Waals surface area (Å²) in [5, 5.41) is 2.78. The van der Waals surface area contributed by atoms with Crippen molar-refractivity contribution < 1.29 is 4.79 Å². The molecular weight excluding hydrogens is 294 g/mol. The Labute approximate surface area is 113 Å². The standard InChI is InChI=1S/C13H12BrN3O/c14-13-11(6-3-7-16-13)17-12(18)8-9-4-1-2-5-10(9)15/h1-7H,8,15H2,(H,17,18). The Hall–Kier alpha value is -1.88. The van der Waals surface area contributed by atoms with Crippen LogP contribution in [0.5, 0.6) is 0 Å². The molecule has 92 valence electrons. The fourth-order valence-corrected chi connectivity index (χ4v) is 1.89. The SMILES string of the molecule is Nc1ccccc1CC(=O)Nc1cccnc1Br. The van der Waals surface area contributed by atoms with E-state index in [4.69, 9.17) is 5.73 Å². The van der Waals surface area contributed by atoms with Gasteiger partial charge in [0, 0.05) is 11.9 Å². The van der Waals surface area contributed by atoms with Crippen LogP contribution in [0.15, 0.2) is 47.2 Å². The lowest BCUT2D eigenvalue weighted by atomic mass is 10.1. The highest BCUT2D eigenvalue weighted by molar-refractivity contribution is 9.10. The van der Waals surface area contributed by atoms with Crippen LogP contribution in [0.4, 0.5) is 11.4 Å². The number of rotatable bonds is 3. The molecule has 1 aromatic heterocycles. The number of para-hydroxylation sites is 1. The summed E-state index contributed by atoms with van der Waals surface area (Å²) in [5.74, 6) is -0.124. The molecule has 0 fully saturated rings. The lowest BCUT2D eigenvalue weighted by Gasteiger charge is -2.07. The monoisotopic (exact) mass is 305 g/mol. The summed E-state index contributed by atoms with van der Waals surface area (Å²) in [6, 6.07) is 10.9. The largest absolute Gasteiger partial charge is 0.398 e. The number of benzene rings is 1. The van der Waals surface area contributed by atoms with Crippen molar-refractivity contribution in [2.45, 2.75) is 6.42 Å². The summed E-state index contributed by atoms with van der Waals surface area (Å²) in [4.78, 5) is 15.9. The van der Waals surface area contributed by atoms with Crippen molar-refractivity contribution in [1.29, 1.82) is 0 Å². The molecule has 18 heavy (non-hydrogen) atoms. The topological polar surface area (TPSA) is 68.0 Å². The van der Waals surface area contributed by atoms with Gasteiger partial charge in [-0.05, 0) is 39.7 Å². The summed E-state index contributed by atoms with van der Waals surface area (Å²) in [6.07, 6.45) is 1.89. The molecule has 0 unspecified atom stereocenters. The Morgan fingerprint density at radius 3 is 2.78 bits per heavy atom. The number of nitrogens with one attached hydrogen (secondary N) is 1. The van der Waals surface area contributed by atoms with Gasteiger partial charge in [-0.1, -0.05) is 18.2 Å². The maximum Gasteiger partial charge on any atom is 0.228 e. The van der Waals surface area contributed by atoms with Gasteiger partial charge in [0.2, 0.25) is 5.91 Å². The number of halogens is 1. The van der Waals surface area contributed by atoms with E-state index in [0.29, 0.717) is 16.0 Å². The zero-order valence-electron chi connectivity index (χ0n) is 9.56. The van der Waals surface area contributed by atoms with E-state index in [2.05, 4.69) is 26.2 Å². The van der Waals surface area contributed by atoms with E-state index in [-0.39, 0.29) is 12.3 Å². The van der Waals surface area contributed by atoms with E-state index in [1.165, 1.54) is 0 Å². The van der Waals surface area contributed by atoms with Gasteiger partial charge >= 0.3 is 0 Å². The quantitative estimate of drug-likeness (QED) is 0.676. The van der Waals surface area contributed by atoms with Crippen molar-refractivity contribution in [2.75, 3.05) is 11.1 Å². The number of hydrogen-bond acceptors (Lipinski definition) is 3. The molecule has 1 amide bonds. The Morgan fingerprint density at radius 2 is 2.06 bits per heavy atom. The first kappa shape index (κ1) is 12.6. The molecule has 0 saturated heterocycles. The van der Waals surface area contributed by atoms with Crippen molar-refractivity contribution in [1.82, 2.24) is 4.98 Å². The van der Waals surface area contributed by atoms with Crippen LogP contribution in [0.25, 0.3) is 0 Å². The minimum Gasteiger partial charge on any atom is -0.398 e. The zero-order chi connectivity index (χ0) is 13.0. The Morgan fingerprint density at radius 1 is 1.28 bits per heavy atom. The molecule has 2 aromatic rings. The number of carbonyl (C=O) groups excluding carboxylic acids is 1. The number of nitrogens with zero attached hydrogens (tertiary/aromatic N) is 1. The first-order valence-corrected chi connectivity index (χ1v) is 6.20. The van der Waals surface area contributed by atoms with E-state index in [0.717, 1.165) is 5.56 Å². The molecule has 0 radical (unpaired) electrons. The molecule has 0 aliphatic heterocycles. The van der Waals surface area contributed by atoms with E-state index < -0.39 is 0 Å². The van der Waals surface area contributed by atoms with E-state index >= 15 is 0 Å². The highest BCUT2D eigenvalue weighted by Gasteiger charge is 2.08. The Kier molecular flexibility index (Phi) is 3.94. The minimum absolute atomic E-state index is 0.124. The normalized spacial score (nSPS) is 10.1. The van der Waals surface area contributed by atoms with Gasteiger partial charge in [-0.2, -0.15) is 0 Å². The number of pyridine rings is 1. The molecule has 1 aromatic carbocycles. The number of nitrogens with two attached hydrogens (primary N) is 1. The Bertz CT molecular complexity index is 522. The first-order valence-electron chi connectivity index (χ1n) is 5.40. The molecule has 0 aliphatic carbocycles. The molecule has 3 N–H and O–H groups in total. The average molecular weight is 306 g/mol. The molecule has 0 spiro atoms. The summed E-state index contributed by atoms with van der Waals surface area (Å²) < 4.78 is 0.611. The van der Waals surface area contributed by atoms with Crippen LogP contribution in [0.3, 0.4) is 0 Å². The lowest BCUT2D eigenvalue weighted by Crippen LogP contribution is -2.15. The van der Waals surface area contributed by atoms with Crippen LogP contribution < -0.4 is 11.1 Å². The minimum atomic E-state index is -0.124. The molecule has 0 atom stereocenters. The van der Waals surface area contributed by atoms with Gasteiger partial charge in [0.25, 0.3) is 0 Å².